The Balaban J connectivity index is 1.81. The number of amides is 2. The number of H-pyrrole nitrogens is 1. The number of pyridine rings is 1. The minimum Gasteiger partial charge on any atom is -0.360 e. The van der Waals surface area contributed by atoms with Crippen molar-refractivity contribution >= 4 is 22.9 Å². The van der Waals surface area contributed by atoms with Gasteiger partial charge in [-0.3, -0.25) is 19.9 Å². The average Bonchev–Trinajstić information content (AvgIpc) is 3.02. The topological polar surface area (TPSA) is 118 Å². The van der Waals surface area contributed by atoms with Crippen molar-refractivity contribution in [3.8, 4) is 0 Å². The number of fused-ring (bicyclic) bond motifs is 1. The number of hydrogen-bond acceptors (Lipinski definition) is 5. The zero-order valence-corrected chi connectivity index (χ0v) is 13.9. The molecular weight excluding hydrogens is 312 g/mol. The van der Waals surface area contributed by atoms with Gasteiger partial charge in [0.15, 0.2) is 11.5 Å². The number of anilines is 1. The lowest BCUT2D eigenvalue weighted by atomic mass is 10.1. The van der Waals surface area contributed by atoms with Crippen molar-refractivity contribution in [2.24, 2.45) is 7.05 Å². The van der Waals surface area contributed by atoms with Crippen LogP contribution in [0.5, 0.6) is 0 Å². The zero-order chi connectivity index (χ0) is 17.4. The van der Waals surface area contributed by atoms with Gasteiger partial charge < -0.3 is 9.84 Å². The minimum absolute atomic E-state index is 0.193. The number of aromatic nitrogens is 4. The quantitative estimate of drug-likeness (QED) is 0.672. The Morgan fingerprint density at radius 2 is 2.12 bits per heavy atom. The van der Waals surface area contributed by atoms with Crippen molar-refractivity contribution in [2.45, 2.75) is 27.3 Å². The zero-order valence-electron chi connectivity index (χ0n) is 13.9. The summed E-state index contributed by atoms with van der Waals surface area (Å²) in [5.74, 6) is 0.946. The highest BCUT2D eigenvalue weighted by Gasteiger charge is 2.16. The standard InChI is InChI=1S/C15H18N6O3/c1-7-5-11(20-24-7)18-15(23)16-6-10-8(2)12-13(17-9(10)3)21(4)19-14(12)22/h5H,6H2,1-4H3,(H,19,22)(H2,16,18,20,23). The highest BCUT2D eigenvalue weighted by atomic mass is 16.5. The van der Waals surface area contributed by atoms with E-state index in [1.165, 1.54) is 0 Å². The van der Waals surface area contributed by atoms with E-state index in [4.69, 9.17) is 4.52 Å². The fourth-order valence-corrected chi connectivity index (χ4v) is 2.66. The van der Waals surface area contributed by atoms with Crippen molar-refractivity contribution < 1.29 is 9.32 Å². The lowest BCUT2D eigenvalue weighted by Crippen LogP contribution is -2.29. The van der Waals surface area contributed by atoms with Gasteiger partial charge in [-0.2, -0.15) is 0 Å². The Kier molecular flexibility index (Phi) is 3.84. The molecule has 0 aliphatic carbocycles. The van der Waals surface area contributed by atoms with Gasteiger partial charge >= 0.3 is 6.03 Å². The van der Waals surface area contributed by atoms with Crippen LogP contribution < -0.4 is 16.2 Å². The van der Waals surface area contributed by atoms with Crippen LogP contribution in [-0.2, 0) is 13.6 Å². The first-order chi connectivity index (χ1) is 11.4. The van der Waals surface area contributed by atoms with Gasteiger partial charge in [0.25, 0.3) is 5.56 Å². The third-order valence-electron chi connectivity index (χ3n) is 3.87. The van der Waals surface area contributed by atoms with Crippen molar-refractivity contribution in [2.75, 3.05) is 5.32 Å². The van der Waals surface area contributed by atoms with E-state index < -0.39 is 6.03 Å². The molecule has 0 aromatic carbocycles. The number of hydrogen-bond donors (Lipinski definition) is 3. The molecule has 0 spiro atoms. The number of carbonyl (C=O) groups excluding carboxylic acids is 1. The molecule has 0 saturated heterocycles. The second-order valence-electron chi connectivity index (χ2n) is 5.63. The fraction of sp³-hybridized carbons (Fsp3) is 0.333. The molecule has 0 aliphatic heterocycles. The Labute approximate surface area is 137 Å². The molecule has 2 amide bonds. The number of nitrogens with zero attached hydrogens (tertiary/aromatic N) is 3. The van der Waals surface area contributed by atoms with Crippen molar-refractivity contribution in [3.63, 3.8) is 0 Å². The summed E-state index contributed by atoms with van der Waals surface area (Å²) in [5, 5.41) is 12.2. The monoisotopic (exact) mass is 330 g/mol. The summed E-state index contributed by atoms with van der Waals surface area (Å²) < 4.78 is 6.48. The van der Waals surface area contributed by atoms with Crippen LogP contribution in [0.4, 0.5) is 10.6 Å². The Morgan fingerprint density at radius 3 is 2.79 bits per heavy atom. The second-order valence-corrected chi connectivity index (χ2v) is 5.63. The lowest BCUT2D eigenvalue weighted by molar-refractivity contribution is 0.251. The van der Waals surface area contributed by atoms with Crippen LogP contribution in [0.25, 0.3) is 11.0 Å². The fourth-order valence-electron chi connectivity index (χ4n) is 2.66. The van der Waals surface area contributed by atoms with E-state index >= 15 is 0 Å². The van der Waals surface area contributed by atoms with Gasteiger partial charge in [-0.05, 0) is 31.9 Å². The third kappa shape index (κ3) is 2.75. The summed E-state index contributed by atoms with van der Waals surface area (Å²) in [6, 6.07) is 1.21. The van der Waals surface area contributed by atoms with E-state index in [1.54, 1.807) is 24.7 Å². The maximum atomic E-state index is 12.0. The van der Waals surface area contributed by atoms with E-state index in [0.29, 0.717) is 22.6 Å². The summed E-state index contributed by atoms with van der Waals surface area (Å²) in [7, 11) is 1.74. The largest absolute Gasteiger partial charge is 0.360 e. The number of carbonyl (C=O) groups is 1. The summed E-state index contributed by atoms with van der Waals surface area (Å²) in [4.78, 5) is 28.4. The molecule has 3 aromatic heterocycles. The number of nitrogens with one attached hydrogen (secondary N) is 3. The summed E-state index contributed by atoms with van der Waals surface area (Å²) in [6.07, 6.45) is 0. The second kappa shape index (κ2) is 5.84. The van der Waals surface area contributed by atoms with Crippen molar-refractivity contribution in [3.05, 3.63) is 39.0 Å². The predicted molar refractivity (Wildman–Crippen MR) is 87.9 cm³/mol. The maximum absolute atomic E-state index is 12.0. The normalized spacial score (nSPS) is 11.0. The smallest absolute Gasteiger partial charge is 0.320 e. The Hall–Kier alpha value is -3.10. The number of rotatable bonds is 3. The van der Waals surface area contributed by atoms with Crippen LogP contribution in [0.3, 0.4) is 0 Å². The van der Waals surface area contributed by atoms with Crippen molar-refractivity contribution in [1.29, 1.82) is 0 Å². The molecular formula is C15H18N6O3. The predicted octanol–water partition coefficient (Wildman–Crippen LogP) is 1.50. The number of aromatic amines is 1. The Bertz CT molecular complexity index is 981. The highest BCUT2D eigenvalue weighted by Crippen LogP contribution is 2.19. The number of urea groups is 1. The molecule has 0 saturated carbocycles. The lowest BCUT2D eigenvalue weighted by Gasteiger charge is -2.11. The molecule has 24 heavy (non-hydrogen) atoms. The summed E-state index contributed by atoms with van der Waals surface area (Å²) in [5.41, 5.74) is 2.78. The van der Waals surface area contributed by atoms with Crippen LogP contribution in [-0.4, -0.2) is 26.0 Å². The van der Waals surface area contributed by atoms with Crippen LogP contribution in [0, 0.1) is 20.8 Å². The van der Waals surface area contributed by atoms with Gasteiger partial charge in [0.05, 0.1) is 5.39 Å². The van der Waals surface area contributed by atoms with Crippen LogP contribution in [0.15, 0.2) is 15.4 Å². The molecule has 9 heteroatoms. The summed E-state index contributed by atoms with van der Waals surface area (Å²) in [6.45, 7) is 5.68. The first-order valence-corrected chi connectivity index (χ1v) is 7.39. The van der Waals surface area contributed by atoms with E-state index in [-0.39, 0.29) is 12.1 Å². The molecule has 0 atom stereocenters. The minimum atomic E-state index is -0.413. The van der Waals surface area contributed by atoms with E-state index in [1.807, 2.05) is 13.8 Å². The molecule has 0 unspecified atom stereocenters. The summed E-state index contributed by atoms with van der Waals surface area (Å²) >= 11 is 0. The van der Waals surface area contributed by atoms with E-state index in [0.717, 1.165) is 16.8 Å². The molecule has 126 valence electrons. The first-order valence-electron chi connectivity index (χ1n) is 7.39. The van der Waals surface area contributed by atoms with Gasteiger partial charge in [0.1, 0.15) is 5.76 Å². The molecule has 9 nitrogen and oxygen atoms in total. The van der Waals surface area contributed by atoms with Crippen LogP contribution in [0.1, 0.15) is 22.6 Å². The van der Waals surface area contributed by atoms with Crippen LogP contribution >= 0.6 is 0 Å². The van der Waals surface area contributed by atoms with Gasteiger partial charge in [0.2, 0.25) is 0 Å². The van der Waals surface area contributed by atoms with Gasteiger partial charge in [-0.1, -0.05) is 5.16 Å². The van der Waals surface area contributed by atoms with Gasteiger partial charge in [-0.25, -0.2) is 9.78 Å². The van der Waals surface area contributed by atoms with Crippen LogP contribution in [0.2, 0.25) is 0 Å². The highest BCUT2D eigenvalue weighted by molar-refractivity contribution is 5.88. The molecule has 3 aromatic rings. The van der Waals surface area contributed by atoms with E-state index in [2.05, 4.69) is 25.9 Å². The van der Waals surface area contributed by atoms with Gasteiger partial charge in [0, 0.05) is 25.4 Å². The average molecular weight is 330 g/mol. The van der Waals surface area contributed by atoms with Crippen molar-refractivity contribution in [1.82, 2.24) is 25.2 Å². The molecule has 0 fully saturated rings. The molecule has 0 aliphatic rings. The van der Waals surface area contributed by atoms with Gasteiger partial charge in [-0.15, -0.1) is 0 Å². The molecule has 3 N–H and O–H groups in total. The molecule has 0 radical (unpaired) electrons. The Morgan fingerprint density at radius 1 is 1.38 bits per heavy atom. The molecule has 3 heterocycles. The molecule has 3 rings (SSSR count). The van der Waals surface area contributed by atoms with E-state index in [9.17, 15) is 9.59 Å². The first kappa shape index (κ1) is 15.8. The third-order valence-corrected chi connectivity index (χ3v) is 3.87. The number of aryl methyl sites for hydroxylation is 4. The molecule has 0 bridgehead atoms. The maximum Gasteiger partial charge on any atom is 0.320 e. The SMILES string of the molecule is Cc1cc(NC(=O)NCc2c(C)nc3c(c2C)c(=O)[nH]n3C)no1.